The van der Waals surface area contributed by atoms with Crippen molar-refractivity contribution in [2.24, 2.45) is 0 Å². The molecule has 170 valence electrons. The first-order chi connectivity index (χ1) is 15.6. The molecule has 8 heteroatoms. The van der Waals surface area contributed by atoms with Crippen LogP contribution in [-0.4, -0.2) is 25.6 Å². The molecule has 1 aromatic heterocycles. The van der Waals surface area contributed by atoms with E-state index in [4.69, 9.17) is 4.98 Å². The number of aryl methyl sites for hydroxylation is 1. The summed E-state index contributed by atoms with van der Waals surface area (Å²) in [6, 6.07) is 22.7. The van der Waals surface area contributed by atoms with Gasteiger partial charge in [-0.05, 0) is 49.2 Å². The summed E-state index contributed by atoms with van der Waals surface area (Å²) < 4.78 is 27.0. The third kappa shape index (κ3) is 5.23. The molecule has 0 aliphatic heterocycles. The normalized spacial score (nSPS) is 13.4. The number of rotatable bonds is 7. The van der Waals surface area contributed by atoms with Gasteiger partial charge in [0.15, 0.2) is 0 Å². The number of sulfonamides is 1. The number of thiazole rings is 1. The minimum absolute atomic E-state index is 0.192. The first kappa shape index (κ1) is 22.9. The Morgan fingerprint density at radius 1 is 1.03 bits per heavy atom. The second-order valence-corrected chi connectivity index (χ2v) is 11.2. The smallest absolute Gasteiger partial charge is 0.235 e. The molecule has 1 unspecified atom stereocenters. The van der Waals surface area contributed by atoms with Gasteiger partial charge in [-0.2, -0.15) is 0 Å². The summed E-state index contributed by atoms with van der Waals surface area (Å²) in [4.78, 5) is 18.4. The summed E-state index contributed by atoms with van der Waals surface area (Å²) in [7, 11) is -3.44. The number of aromatic nitrogens is 1. The number of hydrogen-bond donors (Lipinski definition) is 2. The van der Waals surface area contributed by atoms with Crippen LogP contribution in [0.1, 0.15) is 23.1 Å². The highest BCUT2D eigenvalue weighted by atomic mass is 32.2. The molecule has 3 aromatic carbocycles. The Morgan fingerprint density at radius 2 is 1.73 bits per heavy atom. The summed E-state index contributed by atoms with van der Waals surface area (Å²) in [6.07, 6.45) is 1.53. The van der Waals surface area contributed by atoms with Crippen LogP contribution < -0.4 is 10.0 Å². The highest BCUT2D eigenvalue weighted by Crippen LogP contribution is 2.33. The number of fused-ring (bicyclic) bond motifs is 1. The van der Waals surface area contributed by atoms with Crippen LogP contribution in [0.4, 0.5) is 11.4 Å². The van der Waals surface area contributed by atoms with Gasteiger partial charge in [-0.15, -0.1) is 11.3 Å². The monoisotopic (exact) mass is 479 g/mol. The summed E-state index contributed by atoms with van der Waals surface area (Å²) in [5.41, 5.74) is 2.63. The van der Waals surface area contributed by atoms with Crippen molar-refractivity contribution < 1.29 is 13.2 Å². The van der Waals surface area contributed by atoms with E-state index in [9.17, 15) is 13.2 Å². The lowest BCUT2D eigenvalue weighted by molar-refractivity contribution is -0.121. The quantitative estimate of drug-likeness (QED) is 0.385. The first-order valence-electron chi connectivity index (χ1n) is 10.4. The third-order valence-electron chi connectivity index (χ3n) is 5.55. The summed E-state index contributed by atoms with van der Waals surface area (Å²) >= 11 is 1.59. The van der Waals surface area contributed by atoms with Crippen molar-refractivity contribution in [3.63, 3.8) is 0 Å². The molecule has 0 bridgehead atoms. The maximum atomic E-state index is 13.7. The number of anilines is 2. The zero-order valence-electron chi connectivity index (χ0n) is 18.6. The maximum Gasteiger partial charge on any atom is 0.235 e. The van der Waals surface area contributed by atoms with Crippen molar-refractivity contribution in [1.82, 2.24) is 4.98 Å². The van der Waals surface area contributed by atoms with E-state index in [-0.39, 0.29) is 5.91 Å². The lowest BCUT2D eigenvalue weighted by Crippen LogP contribution is -2.39. The Bertz CT molecular complexity index is 1380. The average Bonchev–Trinajstić information content (AvgIpc) is 3.17. The predicted octanol–water partition coefficient (Wildman–Crippen LogP) is 5.12. The van der Waals surface area contributed by atoms with Gasteiger partial charge in [0, 0.05) is 12.1 Å². The Kier molecular flexibility index (Phi) is 6.23. The molecule has 1 amide bonds. The van der Waals surface area contributed by atoms with Crippen LogP contribution in [0.25, 0.3) is 10.2 Å². The molecule has 0 saturated heterocycles. The molecule has 0 fully saturated rings. The Balaban J connectivity index is 1.68. The predicted molar refractivity (Wildman–Crippen MR) is 135 cm³/mol. The van der Waals surface area contributed by atoms with Gasteiger partial charge in [-0.25, -0.2) is 13.4 Å². The molecule has 0 radical (unpaired) electrons. The Hall–Kier alpha value is -3.23. The number of carbonyl (C=O) groups excluding carboxylic acids is 1. The van der Waals surface area contributed by atoms with Crippen molar-refractivity contribution in [1.29, 1.82) is 0 Å². The van der Waals surface area contributed by atoms with Crippen molar-refractivity contribution in [3.8, 4) is 0 Å². The van der Waals surface area contributed by atoms with Crippen LogP contribution in [-0.2, 0) is 26.7 Å². The molecule has 0 aliphatic carbocycles. The number of benzene rings is 3. The molecule has 6 nitrogen and oxygen atoms in total. The second kappa shape index (κ2) is 8.96. The van der Waals surface area contributed by atoms with Gasteiger partial charge in [-0.3, -0.25) is 9.52 Å². The van der Waals surface area contributed by atoms with E-state index in [0.29, 0.717) is 17.8 Å². The lowest BCUT2D eigenvalue weighted by Gasteiger charge is -2.28. The highest BCUT2D eigenvalue weighted by molar-refractivity contribution is 7.92. The van der Waals surface area contributed by atoms with Crippen LogP contribution in [0.5, 0.6) is 0 Å². The standard InChI is InChI=1S/C25H25N3O3S2/c1-17-13-14-19(15-21(17)28-33(3,30)31)26-24(29)25(2,18-9-5-4-6-10-18)16-23-27-20-11-7-8-12-22(20)32-23/h4-15,28H,16H2,1-3H3,(H,26,29). The van der Waals surface area contributed by atoms with Crippen LogP contribution in [0, 0.1) is 6.92 Å². The van der Waals surface area contributed by atoms with Crippen molar-refractivity contribution >= 4 is 48.9 Å². The minimum Gasteiger partial charge on any atom is -0.325 e. The van der Waals surface area contributed by atoms with Crippen molar-refractivity contribution in [3.05, 3.63) is 88.9 Å². The highest BCUT2D eigenvalue weighted by Gasteiger charge is 2.36. The van der Waals surface area contributed by atoms with E-state index in [0.717, 1.165) is 32.6 Å². The van der Waals surface area contributed by atoms with E-state index >= 15 is 0 Å². The lowest BCUT2D eigenvalue weighted by atomic mass is 9.78. The molecule has 4 aromatic rings. The maximum absolute atomic E-state index is 13.7. The topological polar surface area (TPSA) is 88.2 Å². The first-order valence-corrected chi connectivity index (χ1v) is 13.1. The molecule has 4 rings (SSSR count). The van der Waals surface area contributed by atoms with E-state index in [1.54, 1.807) is 36.5 Å². The number of nitrogens with one attached hydrogen (secondary N) is 2. The van der Waals surface area contributed by atoms with E-state index in [1.807, 2.05) is 61.5 Å². The second-order valence-electron chi connectivity index (χ2n) is 8.31. The van der Waals surface area contributed by atoms with Crippen LogP contribution in [0.2, 0.25) is 0 Å². The van der Waals surface area contributed by atoms with E-state index in [1.165, 1.54) is 0 Å². The van der Waals surface area contributed by atoms with E-state index < -0.39 is 15.4 Å². The number of carbonyl (C=O) groups is 1. The third-order valence-corrected chi connectivity index (χ3v) is 7.17. The zero-order chi connectivity index (χ0) is 23.6. The molecule has 0 saturated carbocycles. The number of amides is 1. The van der Waals surface area contributed by atoms with Gasteiger partial charge in [0.1, 0.15) is 0 Å². The molecule has 0 spiro atoms. The van der Waals surface area contributed by atoms with Gasteiger partial charge in [0.2, 0.25) is 15.9 Å². The fourth-order valence-electron chi connectivity index (χ4n) is 3.70. The van der Waals surface area contributed by atoms with Gasteiger partial charge in [-0.1, -0.05) is 48.5 Å². The number of hydrogen-bond acceptors (Lipinski definition) is 5. The van der Waals surface area contributed by atoms with Gasteiger partial charge in [0.05, 0.1) is 32.6 Å². The van der Waals surface area contributed by atoms with Gasteiger partial charge >= 0.3 is 0 Å². The molecular formula is C25H25N3O3S2. The average molecular weight is 480 g/mol. The number of para-hydroxylation sites is 1. The fourth-order valence-corrected chi connectivity index (χ4v) is 5.44. The summed E-state index contributed by atoms with van der Waals surface area (Å²) in [5, 5.41) is 3.87. The fraction of sp³-hybridized carbons (Fsp3) is 0.200. The van der Waals surface area contributed by atoms with Crippen LogP contribution in [0.15, 0.2) is 72.8 Å². The number of nitrogens with zero attached hydrogens (tertiary/aromatic N) is 1. The van der Waals surface area contributed by atoms with Crippen molar-refractivity contribution in [2.75, 3.05) is 16.3 Å². The SMILES string of the molecule is Cc1ccc(NC(=O)C(C)(Cc2nc3ccccc3s2)c2ccccc2)cc1NS(C)(=O)=O. The molecule has 33 heavy (non-hydrogen) atoms. The zero-order valence-corrected chi connectivity index (χ0v) is 20.3. The Morgan fingerprint density at radius 3 is 2.42 bits per heavy atom. The molecule has 2 N–H and O–H groups in total. The Labute approximate surface area is 197 Å². The minimum atomic E-state index is -3.44. The van der Waals surface area contributed by atoms with Crippen molar-refractivity contribution in [2.45, 2.75) is 25.7 Å². The van der Waals surface area contributed by atoms with Crippen LogP contribution >= 0.6 is 11.3 Å². The molecule has 1 atom stereocenters. The largest absolute Gasteiger partial charge is 0.325 e. The summed E-state index contributed by atoms with van der Waals surface area (Å²) in [5.74, 6) is -0.192. The molecule has 1 heterocycles. The van der Waals surface area contributed by atoms with Gasteiger partial charge < -0.3 is 5.32 Å². The summed E-state index contributed by atoms with van der Waals surface area (Å²) in [6.45, 7) is 3.72. The molecular weight excluding hydrogens is 454 g/mol. The molecule has 0 aliphatic rings. The van der Waals surface area contributed by atoms with Crippen LogP contribution in [0.3, 0.4) is 0 Å². The van der Waals surface area contributed by atoms with Gasteiger partial charge in [0.25, 0.3) is 0 Å². The van der Waals surface area contributed by atoms with E-state index in [2.05, 4.69) is 10.0 Å².